The first-order valence-corrected chi connectivity index (χ1v) is 8.68. The Balaban J connectivity index is 2.90. The highest BCUT2D eigenvalue weighted by molar-refractivity contribution is 7.89. The summed E-state index contributed by atoms with van der Waals surface area (Å²) < 4.78 is 64.7. The second-order valence-electron chi connectivity index (χ2n) is 4.74. The van der Waals surface area contributed by atoms with E-state index in [4.69, 9.17) is 11.6 Å². The fourth-order valence-electron chi connectivity index (χ4n) is 1.94. The molecule has 9 heteroatoms. The Kier molecular flexibility index (Phi) is 6.66. The Hall–Kier alpha value is -0.830. The lowest BCUT2D eigenvalue weighted by Gasteiger charge is -2.16. The van der Waals surface area contributed by atoms with Crippen LogP contribution in [0.2, 0.25) is 5.02 Å². The molecule has 0 unspecified atom stereocenters. The third-order valence-electron chi connectivity index (χ3n) is 3.32. The zero-order valence-corrected chi connectivity index (χ0v) is 13.9. The summed E-state index contributed by atoms with van der Waals surface area (Å²) in [5.74, 6) is 0. The van der Waals surface area contributed by atoms with Gasteiger partial charge < -0.3 is 4.90 Å². The molecule has 0 heterocycles. The number of benzene rings is 1. The zero-order valence-electron chi connectivity index (χ0n) is 12.3. The number of halogens is 4. The van der Waals surface area contributed by atoms with Crippen molar-refractivity contribution in [1.29, 1.82) is 0 Å². The first-order chi connectivity index (χ1) is 10.1. The molecule has 0 aliphatic carbocycles. The summed E-state index contributed by atoms with van der Waals surface area (Å²) in [4.78, 5) is 0.744. The smallest absolute Gasteiger partial charge is 0.334 e. The molecule has 0 aromatic heterocycles. The fraction of sp³-hybridized carbons (Fsp3) is 0.538. The van der Waals surface area contributed by atoms with Crippen molar-refractivity contribution in [3.8, 4) is 0 Å². The summed E-state index contributed by atoms with van der Waals surface area (Å²) in [6, 6.07) is 2.55. The van der Waals surface area contributed by atoms with E-state index in [1.807, 2.05) is 13.8 Å². The average Bonchev–Trinajstić information content (AvgIpc) is 2.42. The van der Waals surface area contributed by atoms with Crippen LogP contribution < -0.4 is 9.62 Å². The molecular formula is C13H19ClF3N2O2S+. The molecule has 4 nitrogen and oxygen atoms in total. The molecule has 22 heavy (non-hydrogen) atoms. The van der Waals surface area contributed by atoms with E-state index in [9.17, 15) is 21.6 Å². The van der Waals surface area contributed by atoms with E-state index < -0.39 is 31.7 Å². The normalized spacial score (nSPS) is 12.9. The Morgan fingerprint density at radius 2 is 1.82 bits per heavy atom. The molecule has 0 saturated heterocycles. The minimum atomic E-state index is -4.70. The second kappa shape index (κ2) is 7.63. The summed E-state index contributed by atoms with van der Waals surface area (Å²) in [6.07, 6.45) is -4.70. The fourth-order valence-corrected chi connectivity index (χ4v) is 3.22. The number of likely N-dealkylation sites (N-methyl/N-ethyl adjacent to an activating group) is 1. The Morgan fingerprint density at radius 3 is 2.32 bits per heavy atom. The van der Waals surface area contributed by atoms with Crippen LogP contribution in [0.4, 0.5) is 13.2 Å². The molecule has 1 aromatic carbocycles. The molecule has 1 aromatic rings. The van der Waals surface area contributed by atoms with Gasteiger partial charge in [-0.25, -0.2) is 13.1 Å². The van der Waals surface area contributed by atoms with Crippen LogP contribution in [0, 0.1) is 0 Å². The van der Waals surface area contributed by atoms with Crippen molar-refractivity contribution in [2.24, 2.45) is 0 Å². The van der Waals surface area contributed by atoms with Crippen LogP contribution in [0.25, 0.3) is 0 Å². The molecule has 0 fully saturated rings. The minimum absolute atomic E-state index is 0.156. The van der Waals surface area contributed by atoms with Crippen LogP contribution >= 0.6 is 11.6 Å². The first kappa shape index (κ1) is 19.2. The zero-order chi connectivity index (χ0) is 17.0. The van der Waals surface area contributed by atoms with Gasteiger partial charge >= 0.3 is 6.18 Å². The van der Waals surface area contributed by atoms with Gasteiger partial charge in [0, 0.05) is 0 Å². The SMILES string of the molecule is CC[NH+](CC)CCNS(=O)(=O)c1ccc(Cl)c(C(F)(F)F)c1. The highest BCUT2D eigenvalue weighted by Crippen LogP contribution is 2.35. The van der Waals surface area contributed by atoms with Gasteiger partial charge in [0.15, 0.2) is 0 Å². The van der Waals surface area contributed by atoms with Gasteiger partial charge in [0.1, 0.15) is 0 Å². The monoisotopic (exact) mass is 359 g/mol. The van der Waals surface area contributed by atoms with E-state index in [1.54, 1.807) is 0 Å². The standard InChI is InChI=1S/C13H18ClF3N2O2S/c1-3-19(4-2)8-7-18-22(20,21)10-5-6-12(14)11(9-10)13(15,16)17/h5-6,9,18H,3-4,7-8H2,1-2H3/p+1. The minimum Gasteiger partial charge on any atom is -0.334 e. The number of alkyl halides is 3. The predicted molar refractivity (Wildman–Crippen MR) is 78.6 cm³/mol. The van der Waals surface area contributed by atoms with Crippen LogP contribution in [0.15, 0.2) is 23.1 Å². The van der Waals surface area contributed by atoms with E-state index in [-0.39, 0.29) is 6.54 Å². The Labute approximate surface area is 133 Å². The lowest BCUT2D eigenvalue weighted by molar-refractivity contribution is -0.895. The van der Waals surface area contributed by atoms with Crippen molar-refractivity contribution >= 4 is 21.6 Å². The molecule has 0 aliphatic heterocycles. The maximum atomic E-state index is 12.8. The lowest BCUT2D eigenvalue weighted by Crippen LogP contribution is -3.12. The molecule has 1 rings (SSSR count). The molecule has 0 radical (unpaired) electrons. The predicted octanol–water partition coefficient (Wildman–Crippen LogP) is 1.56. The number of rotatable bonds is 7. The summed E-state index contributed by atoms with van der Waals surface area (Å²) in [5.41, 5.74) is -1.16. The molecule has 0 spiro atoms. The van der Waals surface area contributed by atoms with Crippen LogP contribution in [0.3, 0.4) is 0 Å². The maximum Gasteiger partial charge on any atom is 0.417 e. The van der Waals surface area contributed by atoms with Crippen molar-refractivity contribution in [2.45, 2.75) is 24.9 Å². The van der Waals surface area contributed by atoms with Crippen LogP contribution in [0.1, 0.15) is 19.4 Å². The first-order valence-electron chi connectivity index (χ1n) is 6.81. The molecule has 0 aliphatic rings. The van der Waals surface area contributed by atoms with Crippen molar-refractivity contribution in [3.63, 3.8) is 0 Å². The topological polar surface area (TPSA) is 50.6 Å². The van der Waals surface area contributed by atoms with Gasteiger partial charge in [0.05, 0.1) is 41.7 Å². The van der Waals surface area contributed by atoms with E-state index in [2.05, 4.69) is 4.72 Å². The number of nitrogens with one attached hydrogen (secondary N) is 2. The maximum absolute atomic E-state index is 12.8. The second-order valence-corrected chi connectivity index (χ2v) is 6.92. The van der Waals surface area contributed by atoms with Gasteiger partial charge in [0.2, 0.25) is 10.0 Å². The number of hydrogen-bond acceptors (Lipinski definition) is 2. The van der Waals surface area contributed by atoms with E-state index in [0.717, 1.165) is 25.2 Å². The summed E-state index contributed by atoms with van der Waals surface area (Å²) in [6.45, 7) is 6.36. The van der Waals surface area contributed by atoms with Crippen molar-refractivity contribution in [2.75, 3.05) is 26.2 Å². The summed E-state index contributed by atoms with van der Waals surface area (Å²) >= 11 is 5.48. The summed E-state index contributed by atoms with van der Waals surface area (Å²) in [7, 11) is -3.99. The highest BCUT2D eigenvalue weighted by Gasteiger charge is 2.34. The molecular weight excluding hydrogens is 341 g/mol. The van der Waals surface area contributed by atoms with Crippen molar-refractivity contribution < 1.29 is 26.5 Å². The molecule has 126 valence electrons. The van der Waals surface area contributed by atoms with Gasteiger partial charge in [-0.15, -0.1) is 0 Å². The molecule has 0 bridgehead atoms. The average molecular weight is 360 g/mol. The largest absolute Gasteiger partial charge is 0.417 e. The van der Waals surface area contributed by atoms with Crippen LogP contribution in [0.5, 0.6) is 0 Å². The van der Waals surface area contributed by atoms with E-state index in [1.165, 1.54) is 4.90 Å². The highest BCUT2D eigenvalue weighted by atomic mass is 35.5. The summed E-state index contributed by atoms with van der Waals surface area (Å²) in [5, 5.41) is -0.529. The molecule has 0 saturated carbocycles. The van der Waals surface area contributed by atoms with Gasteiger partial charge in [0.25, 0.3) is 0 Å². The van der Waals surface area contributed by atoms with Gasteiger partial charge in [-0.3, -0.25) is 0 Å². The van der Waals surface area contributed by atoms with E-state index in [0.29, 0.717) is 12.6 Å². The number of sulfonamides is 1. The van der Waals surface area contributed by atoms with E-state index >= 15 is 0 Å². The third-order valence-corrected chi connectivity index (χ3v) is 5.11. The molecule has 0 atom stereocenters. The third kappa shape index (κ3) is 5.12. The van der Waals surface area contributed by atoms with Crippen molar-refractivity contribution in [3.05, 3.63) is 28.8 Å². The molecule has 2 N–H and O–H groups in total. The van der Waals surface area contributed by atoms with Crippen LogP contribution in [-0.4, -0.2) is 34.6 Å². The molecule has 0 amide bonds. The van der Waals surface area contributed by atoms with Crippen molar-refractivity contribution in [1.82, 2.24) is 4.72 Å². The van der Waals surface area contributed by atoms with Crippen LogP contribution in [-0.2, 0) is 16.2 Å². The Morgan fingerprint density at radius 1 is 1.23 bits per heavy atom. The Bertz CT molecular complexity index is 602. The number of quaternary nitrogens is 1. The number of hydrogen-bond donors (Lipinski definition) is 2. The van der Waals surface area contributed by atoms with Gasteiger partial charge in [-0.1, -0.05) is 11.6 Å². The quantitative estimate of drug-likeness (QED) is 0.776. The van der Waals surface area contributed by atoms with Gasteiger partial charge in [-0.2, -0.15) is 13.2 Å². The lowest BCUT2D eigenvalue weighted by atomic mass is 10.2. The van der Waals surface area contributed by atoms with Gasteiger partial charge in [-0.05, 0) is 32.0 Å².